The van der Waals surface area contributed by atoms with Crippen molar-refractivity contribution in [1.82, 2.24) is 14.7 Å². The van der Waals surface area contributed by atoms with E-state index >= 15 is 0 Å². The predicted molar refractivity (Wildman–Crippen MR) is 111 cm³/mol. The Morgan fingerprint density at radius 3 is 2.45 bits per heavy atom. The monoisotopic (exact) mass is 423 g/mol. The molecule has 0 atom stereocenters. The number of ether oxygens (including phenoxy) is 2. The molecular weight excluding hydrogens is 401 g/mol. The topological polar surface area (TPSA) is 73.7 Å². The summed E-state index contributed by atoms with van der Waals surface area (Å²) in [5, 5.41) is 4.53. The van der Waals surface area contributed by atoms with Gasteiger partial charge in [0.1, 0.15) is 11.6 Å². The van der Waals surface area contributed by atoms with Crippen molar-refractivity contribution in [1.29, 1.82) is 0 Å². The highest BCUT2D eigenvalue weighted by Gasteiger charge is 2.31. The highest BCUT2D eigenvalue weighted by Crippen LogP contribution is 2.28. The highest BCUT2D eigenvalue weighted by molar-refractivity contribution is 5.95. The summed E-state index contributed by atoms with van der Waals surface area (Å²) in [5.41, 5.74) is 2.90. The number of hydrogen-bond acceptors (Lipinski definition) is 5. The molecule has 0 saturated carbocycles. The molecule has 2 heterocycles. The van der Waals surface area contributed by atoms with Crippen molar-refractivity contribution in [2.75, 3.05) is 20.3 Å². The Morgan fingerprint density at radius 2 is 1.81 bits per heavy atom. The van der Waals surface area contributed by atoms with Gasteiger partial charge in [0, 0.05) is 24.1 Å². The molecule has 0 saturated heterocycles. The minimum Gasteiger partial charge on any atom is -0.497 e. The Balaban J connectivity index is 1.70. The van der Waals surface area contributed by atoms with Gasteiger partial charge in [-0.1, -0.05) is 0 Å². The molecule has 4 rings (SSSR count). The maximum absolute atomic E-state index is 13.2. The summed E-state index contributed by atoms with van der Waals surface area (Å²) in [7, 11) is 1.59. The van der Waals surface area contributed by atoms with Crippen molar-refractivity contribution >= 4 is 11.9 Å². The number of rotatable bonds is 5. The van der Waals surface area contributed by atoms with Crippen LogP contribution in [0.25, 0.3) is 5.69 Å². The Bertz CT molecular complexity index is 1110. The second-order valence-electron chi connectivity index (χ2n) is 7.09. The van der Waals surface area contributed by atoms with Gasteiger partial charge in [-0.05, 0) is 55.5 Å². The number of halogens is 1. The number of carbonyl (C=O) groups is 2. The summed E-state index contributed by atoms with van der Waals surface area (Å²) >= 11 is 0. The third kappa shape index (κ3) is 4.01. The Labute approximate surface area is 179 Å². The standard InChI is InChI=1S/C23H22FN3O4/c1-3-31-23(29)21-19-14-26(22(28)15-4-6-16(24)7-5-15)13-12-20(19)27(25-21)17-8-10-18(30-2)11-9-17/h4-11H,3,12-14H2,1-2H3. The Kier molecular flexibility index (Phi) is 5.70. The second kappa shape index (κ2) is 8.59. The van der Waals surface area contributed by atoms with E-state index in [9.17, 15) is 14.0 Å². The molecule has 1 aromatic heterocycles. The van der Waals surface area contributed by atoms with E-state index in [1.54, 1.807) is 23.6 Å². The molecule has 1 aliphatic heterocycles. The van der Waals surface area contributed by atoms with Gasteiger partial charge in [0.05, 0.1) is 31.6 Å². The van der Waals surface area contributed by atoms with Crippen LogP contribution < -0.4 is 4.74 Å². The summed E-state index contributed by atoms with van der Waals surface area (Å²) in [6.07, 6.45) is 0.515. The molecule has 0 spiro atoms. The van der Waals surface area contributed by atoms with E-state index in [0.717, 1.165) is 11.4 Å². The predicted octanol–water partition coefficient (Wildman–Crippen LogP) is 3.40. The second-order valence-corrected chi connectivity index (χ2v) is 7.09. The molecule has 1 amide bonds. The molecule has 8 heteroatoms. The molecule has 0 radical (unpaired) electrons. The fraction of sp³-hybridized carbons (Fsp3) is 0.261. The van der Waals surface area contributed by atoms with Gasteiger partial charge in [0.25, 0.3) is 5.91 Å². The van der Waals surface area contributed by atoms with E-state index in [0.29, 0.717) is 29.8 Å². The lowest BCUT2D eigenvalue weighted by Gasteiger charge is -2.28. The quantitative estimate of drug-likeness (QED) is 0.588. The van der Waals surface area contributed by atoms with Gasteiger partial charge in [0.15, 0.2) is 5.69 Å². The van der Waals surface area contributed by atoms with Gasteiger partial charge in [0.2, 0.25) is 0 Å². The summed E-state index contributed by atoms with van der Waals surface area (Å²) in [4.78, 5) is 27.1. The minimum atomic E-state index is -0.526. The van der Waals surface area contributed by atoms with Crippen molar-refractivity contribution in [3.63, 3.8) is 0 Å². The molecule has 0 bridgehead atoms. The largest absolute Gasteiger partial charge is 0.497 e. The first-order valence-electron chi connectivity index (χ1n) is 9.99. The number of esters is 1. The number of amides is 1. The number of aromatic nitrogens is 2. The molecule has 7 nitrogen and oxygen atoms in total. The number of fused-ring (bicyclic) bond motifs is 1. The van der Waals surface area contributed by atoms with Gasteiger partial charge in [-0.15, -0.1) is 0 Å². The third-order valence-electron chi connectivity index (χ3n) is 5.22. The molecule has 160 valence electrons. The van der Waals surface area contributed by atoms with Crippen LogP contribution in [0.1, 0.15) is 39.0 Å². The first-order chi connectivity index (χ1) is 15.0. The van der Waals surface area contributed by atoms with E-state index in [1.165, 1.54) is 24.3 Å². The average molecular weight is 423 g/mol. The van der Waals surface area contributed by atoms with Gasteiger partial charge < -0.3 is 14.4 Å². The summed E-state index contributed by atoms with van der Waals surface area (Å²) in [5.74, 6) is -0.436. The zero-order valence-electron chi connectivity index (χ0n) is 17.3. The van der Waals surface area contributed by atoms with Crippen LogP contribution in [0.3, 0.4) is 0 Å². The maximum Gasteiger partial charge on any atom is 0.359 e. The van der Waals surface area contributed by atoms with Crippen molar-refractivity contribution in [2.24, 2.45) is 0 Å². The normalized spacial score (nSPS) is 12.9. The van der Waals surface area contributed by atoms with E-state index < -0.39 is 11.8 Å². The number of hydrogen-bond donors (Lipinski definition) is 0. The van der Waals surface area contributed by atoms with Crippen LogP contribution in [0.4, 0.5) is 4.39 Å². The van der Waals surface area contributed by atoms with Crippen molar-refractivity contribution in [3.8, 4) is 11.4 Å². The van der Waals surface area contributed by atoms with Crippen LogP contribution in [0, 0.1) is 5.82 Å². The molecule has 1 aliphatic rings. The lowest BCUT2D eigenvalue weighted by Crippen LogP contribution is -2.36. The summed E-state index contributed by atoms with van der Waals surface area (Å²) in [6, 6.07) is 12.8. The van der Waals surface area contributed by atoms with Gasteiger partial charge in [-0.3, -0.25) is 4.79 Å². The van der Waals surface area contributed by atoms with E-state index in [4.69, 9.17) is 9.47 Å². The molecule has 2 aromatic carbocycles. The minimum absolute atomic E-state index is 0.198. The van der Waals surface area contributed by atoms with Crippen LogP contribution in [0.2, 0.25) is 0 Å². The lowest BCUT2D eigenvalue weighted by molar-refractivity contribution is 0.0513. The van der Waals surface area contributed by atoms with Crippen molar-refractivity contribution in [3.05, 3.63) is 76.9 Å². The summed E-state index contributed by atoms with van der Waals surface area (Å²) < 4.78 is 25.3. The fourth-order valence-corrected chi connectivity index (χ4v) is 3.67. The van der Waals surface area contributed by atoms with Crippen LogP contribution in [0.15, 0.2) is 48.5 Å². The first-order valence-corrected chi connectivity index (χ1v) is 9.99. The Morgan fingerprint density at radius 1 is 1.10 bits per heavy atom. The lowest BCUT2D eigenvalue weighted by atomic mass is 10.0. The smallest absolute Gasteiger partial charge is 0.359 e. The maximum atomic E-state index is 13.2. The zero-order valence-corrected chi connectivity index (χ0v) is 17.3. The molecule has 31 heavy (non-hydrogen) atoms. The van der Waals surface area contributed by atoms with Gasteiger partial charge in [-0.2, -0.15) is 5.10 Å². The molecule has 0 N–H and O–H groups in total. The van der Waals surface area contributed by atoms with Crippen molar-refractivity contribution < 1.29 is 23.5 Å². The third-order valence-corrected chi connectivity index (χ3v) is 5.22. The van der Waals surface area contributed by atoms with Gasteiger partial charge in [-0.25, -0.2) is 13.9 Å². The SMILES string of the molecule is CCOC(=O)c1nn(-c2ccc(OC)cc2)c2c1CN(C(=O)c1ccc(F)cc1)CC2. The van der Waals surface area contributed by atoms with E-state index in [1.807, 2.05) is 24.3 Å². The molecule has 0 unspecified atom stereocenters. The summed E-state index contributed by atoms with van der Waals surface area (Å²) in [6.45, 7) is 2.62. The number of nitrogens with zero attached hydrogens (tertiary/aromatic N) is 3. The van der Waals surface area contributed by atoms with Gasteiger partial charge >= 0.3 is 5.97 Å². The van der Waals surface area contributed by atoms with Crippen LogP contribution in [0.5, 0.6) is 5.75 Å². The van der Waals surface area contributed by atoms with Crippen molar-refractivity contribution in [2.45, 2.75) is 19.9 Å². The number of carbonyl (C=O) groups excluding carboxylic acids is 2. The highest BCUT2D eigenvalue weighted by atomic mass is 19.1. The zero-order chi connectivity index (χ0) is 22.0. The Hall–Kier alpha value is -3.68. The number of benzene rings is 2. The van der Waals surface area contributed by atoms with Crippen LogP contribution in [-0.4, -0.2) is 46.8 Å². The van der Waals surface area contributed by atoms with E-state index in [-0.39, 0.29) is 24.8 Å². The van der Waals surface area contributed by atoms with E-state index in [2.05, 4.69) is 5.10 Å². The average Bonchev–Trinajstić information content (AvgIpc) is 3.18. The van der Waals surface area contributed by atoms with Crippen LogP contribution >= 0.6 is 0 Å². The fourth-order valence-electron chi connectivity index (χ4n) is 3.67. The van der Waals surface area contributed by atoms with Crippen LogP contribution in [-0.2, 0) is 17.7 Å². The molecule has 3 aromatic rings. The molecule has 0 aliphatic carbocycles. The number of methoxy groups -OCH3 is 1. The molecule has 0 fully saturated rings. The first kappa shape index (κ1) is 20.6. The molecular formula is C23H22FN3O4.